The van der Waals surface area contributed by atoms with Crippen molar-refractivity contribution >= 4 is 23.1 Å². The third-order valence-electron chi connectivity index (χ3n) is 4.88. The summed E-state index contributed by atoms with van der Waals surface area (Å²) in [4.78, 5) is 21.7. The molecule has 2 heterocycles. The van der Waals surface area contributed by atoms with Gasteiger partial charge < -0.3 is 20.1 Å². The first kappa shape index (κ1) is 19.6. The highest BCUT2D eigenvalue weighted by Gasteiger charge is 2.14. The molecule has 0 radical (unpaired) electrons. The Morgan fingerprint density at radius 3 is 2.53 bits per heavy atom. The molecule has 1 aliphatic heterocycles. The molecule has 4 aromatic rings. The fraction of sp³-hybridized carbons (Fsp3) is 0.0800. The summed E-state index contributed by atoms with van der Waals surface area (Å²) in [6.07, 6.45) is 1.70. The lowest BCUT2D eigenvalue weighted by Crippen LogP contribution is -2.16. The molecule has 7 nitrogen and oxygen atoms in total. The first-order valence-corrected chi connectivity index (χ1v) is 10.2. The zero-order chi connectivity index (χ0) is 21.8. The highest BCUT2D eigenvalue weighted by atomic mass is 16.6. The maximum Gasteiger partial charge on any atom is 0.255 e. The van der Waals surface area contributed by atoms with Gasteiger partial charge in [-0.3, -0.25) is 4.79 Å². The number of hydrogen-bond donors (Lipinski definition) is 2. The molecule has 0 bridgehead atoms. The lowest BCUT2D eigenvalue weighted by atomic mass is 10.1. The van der Waals surface area contributed by atoms with Crippen molar-refractivity contribution in [1.82, 2.24) is 9.97 Å². The van der Waals surface area contributed by atoms with Crippen molar-refractivity contribution in [2.24, 2.45) is 0 Å². The molecule has 5 rings (SSSR count). The monoisotopic (exact) mass is 424 g/mol. The van der Waals surface area contributed by atoms with Crippen LogP contribution >= 0.6 is 0 Å². The molecule has 0 atom stereocenters. The van der Waals surface area contributed by atoms with Crippen LogP contribution in [-0.4, -0.2) is 29.1 Å². The van der Waals surface area contributed by atoms with E-state index in [2.05, 4.69) is 20.6 Å². The van der Waals surface area contributed by atoms with Gasteiger partial charge in [-0.2, -0.15) is 0 Å². The van der Waals surface area contributed by atoms with Gasteiger partial charge in [-0.05, 0) is 36.4 Å². The number of aromatic nitrogens is 2. The molecule has 0 saturated heterocycles. The summed E-state index contributed by atoms with van der Waals surface area (Å²) >= 11 is 0. The van der Waals surface area contributed by atoms with E-state index < -0.39 is 0 Å². The van der Waals surface area contributed by atoms with E-state index in [0.717, 1.165) is 11.3 Å². The fourth-order valence-corrected chi connectivity index (χ4v) is 3.37. The molecular weight excluding hydrogens is 404 g/mol. The summed E-state index contributed by atoms with van der Waals surface area (Å²) < 4.78 is 11.1. The summed E-state index contributed by atoms with van der Waals surface area (Å²) in [7, 11) is 0. The number of benzene rings is 3. The van der Waals surface area contributed by atoms with Gasteiger partial charge in [0, 0.05) is 34.8 Å². The van der Waals surface area contributed by atoms with Crippen LogP contribution in [0.4, 0.5) is 17.2 Å². The number of fused-ring (bicyclic) bond motifs is 1. The Bertz CT molecular complexity index is 1260. The minimum absolute atomic E-state index is 0.224. The average molecular weight is 424 g/mol. The zero-order valence-corrected chi connectivity index (χ0v) is 17.1. The summed E-state index contributed by atoms with van der Waals surface area (Å²) in [5.74, 6) is 2.35. The number of carbonyl (C=O) groups is 1. The van der Waals surface area contributed by atoms with Gasteiger partial charge in [-0.15, -0.1) is 0 Å². The predicted octanol–water partition coefficient (Wildman–Crippen LogP) is 4.91. The van der Waals surface area contributed by atoms with Crippen LogP contribution in [-0.2, 0) is 0 Å². The summed E-state index contributed by atoms with van der Waals surface area (Å²) in [5.41, 5.74) is 2.84. The Morgan fingerprint density at radius 2 is 1.66 bits per heavy atom. The van der Waals surface area contributed by atoms with Crippen molar-refractivity contribution in [2.75, 3.05) is 23.8 Å². The largest absolute Gasteiger partial charge is 0.486 e. The van der Waals surface area contributed by atoms with Gasteiger partial charge in [-0.25, -0.2) is 9.97 Å². The molecular formula is C25H20N4O3. The Labute approximate surface area is 185 Å². The normalized spacial score (nSPS) is 12.1. The van der Waals surface area contributed by atoms with Gasteiger partial charge in [0.25, 0.3) is 5.91 Å². The highest BCUT2D eigenvalue weighted by Crippen LogP contribution is 2.32. The smallest absolute Gasteiger partial charge is 0.255 e. The van der Waals surface area contributed by atoms with E-state index in [0.29, 0.717) is 47.6 Å². The molecule has 2 N–H and O–H groups in total. The number of amides is 1. The predicted molar refractivity (Wildman–Crippen MR) is 123 cm³/mol. The van der Waals surface area contributed by atoms with E-state index in [1.807, 2.05) is 42.5 Å². The van der Waals surface area contributed by atoms with Gasteiger partial charge in [0.05, 0.1) is 0 Å². The van der Waals surface area contributed by atoms with Crippen LogP contribution < -0.4 is 20.1 Å². The number of nitrogens with one attached hydrogen (secondary N) is 2. The molecule has 0 unspecified atom stereocenters. The van der Waals surface area contributed by atoms with Crippen molar-refractivity contribution in [3.63, 3.8) is 0 Å². The molecule has 0 spiro atoms. The molecule has 0 fully saturated rings. The fourth-order valence-electron chi connectivity index (χ4n) is 3.37. The van der Waals surface area contributed by atoms with Crippen molar-refractivity contribution in [3.05, 3.63) is 90.6 Å². The molecule has 32 heavy (non-hydrogen) atoms. The minimum Gasteiger partial charge on any atom is -0.486 e. The van der Waals surface area contributed by atoms with Crippen LogP contribution in [0, 0.1) is 0 Å². The Hall–Kier alpha value is -4.39. The van der Waals surface area contributed by atoms with Crippen molar-refractivity contribution in [1.29, 1.82) is 0 Å². The van der Waals surface area contributed by atoms with Gasteiger partial charge in [0.15, 0.2) is 17.3 Å². The lowest BCUT2D eigenvalue weighted by Gasteiger charge is -2.19. The molecule has 0 saturated carbocycles. The van der Waals surface area contributed by atoms with Gasteiger partial charge in [0.2, 0.25) is 0 Å². The SMILES string of the molecule is O=C(Nc1ccc2c(c1)OCCO2)c1cccc(Nc2ccnc(-c3ccccc3)n2)c1. The van der Waals surface area contributed by atoms with Gasteiger partial charge in [0.1, 0.15) is 19.0 Å². The number of ether oxygens (including phenoxy) is 2. The van der Waals surface area contributed by atoms with Crippen molar-refractivity contribution in [3.8, 4) is 22.9 Å². The Morgan fingerprint density at radius 1 is 0.812 bits per heavy atom. The maximum atomic E-state index is 12.8. The summed E-state index contributed by atoms with van der Waals surface area (Å²) in [5, 5.41) is 6.15. The van der Waals surface area contributed by atoms with E-state index in [1.54, 1.807) is 42.6 Å². The van der Waals surface area contributed by atoms with E-state index in [9.17, 15) is 4.79 Å². The summed E-state index contributed by atoms with van der Waals surface area (Å²) in [6, 6.07) is 24.1. The first-order chi connectivity index (χ1) is 15.7. The lowest BCUT2D eigenvalue weighted by molar-refractivity contribution is 0.102. The van der Waals surface area contributed by atoms with E-state index >= 15 is 0 Å². The van der Waals surface area contributed by atoms with Crippen LogP contribution in [0.15, 0.2) is 85.1 Å². The molecule has 1 aromatic heterocycles. The number of nitrogens with zero attached hydrogens (tertiary/aromatic N) is 2. The van der Waals surface area contributed by atoms with Crippen molar-refractivity contribution in [2.45, 2.75) is 0 Å². The molecule has 3 aromatic carbocycles. The molecule has 158 valence electrons. The third kappa shape index (κ3) is 4.37. The summed E-state index contributed by atoms with van der Waals surface area (Å²) in [6.45, 7) is 1.02. The average Bonchev–Trinajstić information content (AvgIpc) is 2.85. The van der Waals surface area contributed by atoms with Gasteiger partial charge in [-0.1, -0.05) is 36.4 Å². The maximum absolute atomic E-state index is 12.8. The quantitative estimate of drug-likeness (QED) is 0.473. The van der Waals surface area contributed by atoms with Crippen LogP contribution in [0.3, 0.4) is 0 Å². The molecule has 7 heteroatoms. The number of carbonyl (C=O) groups excluding carboxylic acids is 1. The second-order valence-electron chi connectivity index (χ2n) is 7.15. The zero-order valence-electron chi connectivity index (χ0n) is 17.1. The van der Waals surface area contributed by atoms with Crippen LogP contribution in [0.25, 0.3) is 11.4 Å². The number of anilines is 3. The standard InChI is InChI=1S/C25H20N4O3/c30-25(28-20-9-10-21-22(16-20)32-14-13-31-21)18-7-4-8-19(15-18)27-23-11-12-26-24(29-23)17-5-2-1-3-6-17/h1-12,15-16H,13-14H2,(H,28,30)(H,26,27,29). The third-order valence-corrected chi connectivity index (χ3v) is 4.88. The molecule has 1 aliphatic rings. The van der Waals surface area contributed by atoms with Crippen LogP contribution in [0.1, 0.15) is 10.4 Å². The minimum atomic E-state index is -0.224. The number of rotatable bonds is 5. The van der Waals surface area contributed by atoms with E-state index in [-0.39, 0.29) is 5.91 Å². The van der Waals surface area contributed by atoms with E-state index in [4.69, 9.17) is 9.47 Å². The van der Waals surface area contributed by atoms with Crippen LogP contribution in [0.5, 0.6) is 11.5 Å². The molecule has 0 aliphatic carbocycles. The second-order valence-corrected chi connectivity index (χ2v) is 7.15. The first-order valence-electron chi connectivity index (χ1n) is 10.2. The highest BCUT2D eigenvalue weighted by molar-refractivity contribution is 6.05. The van der Waals surface area contributed by atoms with Gasteiger partial charge >= 0.3 is 0 Å². The van der Waals surface area contributed by atoms with Crippen molar-refractivity contribution < 1.29 is 14.3 Å². The van der Waals surface area contributed by atoms with E-state index in [1.165, 1.54) is 0 Å². The Balaban J connectivity index is 1.31. The number of hydrogen-bond acceptors (Lipinski definition) is 6. The topological polar surface area (TPSA) is 85.4 Å². The van der Waals surface area contributed by atoms with Crippen LogP contribution in [0.2, 0.25) is 0 Å². The Kier molecular flexibility index (Phi) is 5.36. The molecule has 1 amide bonds. The second kappa shape index (κ2) is 8.77.